The minimum atomic E-state index is -3.56. The first kappa shape index (κ1) is 18.7. The predicted octanol–water partition coefficient (Wildman–Crippen LogP) is 2.39. The maximum Gasteiger partial charge on any atom is 0.225 e. The molecule has 1 fully saturated rings. The van der Waals surface area contributed by atoms with Crippen LogP contribution in [0.25, 0.3) is 0 Å². The summed E-state index contributed by atoms with van der Waals surface area (Å²) in [7, 11) is -3.56. The summed E-state index contributed by atoms with van der Waals surface area (Å²) >= 11 is 0. The molecule has 1 aromatic heterocycles. The molecule has 0 radical (unpaired) electrons. The Kier molecular flexibility index (Phi) is 5.52. The lowest BCUT2D eigenvalue weighted by Crippen LogP contribution is -2.49. The lowest BCUT2D eigenvalue weighted by atomic mass is 10.1. The van der Waals surface area contributed by atoms with E-state index < -0.39 is 15.8 Å². The van der Waals surface area contributed by atoms with Crippen LogP contribution in [-0.2, 0) is 15.8 Å². The highest BCUT2D eigenvalue weighted by Gasteiger charge is 2.28. The van der Waals surface area contributed by atoms with E-state index in [0.717, 1.165) is 5.69 Å². The van der Waals surface area contributed by atoms with Gasteiger partial charge in [0.05, 0.1) is 5.75 Å². The van der Waals surface area contributed by atoms with E-state index in [9.17, 15) is 12.8 Å². The van der Waals surface area contributed by atoms with Crippen LogP contribution in [0.3, 0.4) is 0 Å². The molecule has 8 heteroatoms. The molecule has 0 atom stereocenters. The van der Waals surface area contributed by atoms with Crippen LogP contribution in [0, 0.1) is 5.82 Å². The lowest BCUT2D eigenvalue weighted by Gasteiger charge is -2.34. The number of hydrogen-bond acceptors (Lipinski definition) is 5. The number of hydrogen-bond donors (Lipinski definition) is 0. The number of aromatic nitrogens is 2. The average molecular weight is 378 g/mol. The van der Waals surface area contributed by atoms with Crippen LogP contribution in [-0.4, -0.2) is 48.9 Å². The number of nitrogens with zero attached hydrogens (tertiary/aromatic N) is 4. The summed E-state index contributed by atoms with van der Waals surface area (Å²) in [6.45, 7) is 5.84. The molecule has 0 amide bonds. The summed E-state index contributed by atoms with van der Waals surface area (Å²) in [4.78, 5) is 10.9. The molecular formula is C18H23FN4O2S. The van der Waals surface area contributed by atoms with Gasteiger partial charge in [-0.25, -0.2) is 22.8 Å². The zero-order valence-electron chi connectivity index (χ0n) is 15.0. The largest absolute Gasteiger partial charge is 0.338 e. The summed E-state index contributed by atoms with van der Waals surface area (Å²) < 4.78 is 40.4. The van der Waals surface area contributed by atoms with Crippen LogP contribution >= 0.6 is 0 Å². The van der Waals surface area contributed by atoms with Gasteiger partial charge in [-0.1, -0.05) is 32.0 Å². The van der Waals surface area contributed by atoms with Crippen molar-refractivity contribution in [3.8, 4) is 0 Å². The van der Waals surface area contributed by atoms with Gasteiger partial charge in [-0.3, -0.25) is 0 Å². The third-order valence-electron chi connectivity index (χ3n) is 4.47. The number of halogens is 1. The van der Waals surface area contributed by atoms with Gasteiger partial charge in [0.2, 0.25) is 16.0 Å². The van der Waals surface area contributed by atoms with Crippen LogP contribution in [0.1, 0.15) is 31.0 Å². The van der Waals surface area contributed by atoms with Crippen LogP contribution in [0.4, 0.5) is 10.3 Å². The van der Waals surface area contributed by atoms with Crippen molar-refractivity contribution < 1.29 is 12.8 Å². The topological polar surface area (TPSA) is 66.4 Å². The average Bonchev–Trinajstić information content (AvgIpc) is 2.64. The van der Waals surface area contributed by atoms with Crippen molar-refractivity contribution >= 4 is 16.0 Å². The normalized spacial score (nSPS) is 16.2. The summed E-state index contributed by atoms with van der Waals surface area (Å²) in [6.07, 6.45) is 1.74. The van der Waals surface area contributed by atoms with Gasteiger partial charge in [0.25, 0.3) is 0 Å². The van der Waals surface area contributed by atoms with Gasteiger partial charge in [0.15, 0.2) is 0 Å². The van der Waals surface area contributed by atoms with Gasteiger partial charge in [-0.2, -0.15) is 4.31 Å². The van der Waals surface area contributed by atoms with Crippen molar-refractivity contribution in [1.29, 1.82) is 0 Å². The Morgan fingerprint density at radius 2 is 1.81 bits per heavy atom. The van der Waals surface area contributed by atoms with E-state index in [-0.39, 0.29) is 11.3 Å². The first-order valence-electron chi connectivity index (χ1n) is 8.66. The lowest BCUT2D eigenvalue weighted by molar-refractivity contribution is 0.381. The smallest absolute Gasteiger partial charge is 0.225 e. The second-order valence-corrected chi connectivity index (χ2v) is 8.64. The van der Waals surface area contributed by atoms with Crippen LogP contribution in [0.5, 0.6) is 0 Å². The Morgan fingerprint density at radius 3 is 2.46 bits per heavy atom. The molecule has 26 heavy (non-hydrogen) atoms. The van der Waals surface area contributed by atoms with Crippen molar-refractivity contribution in [3.05, 3.63) is 53.6 Å². The van der Waals surface area contributed by atoms with Crippen LogP contribution in [0.2, 0.25) is 0 Å². The molecule has 0 bridgehead atoms. The first-order chi connectivity index (χ1) is 12.4. The summed E-state index contributed by atoms with van der Waals surface area (Å²) in [5.74, 6) is 0.120. The van der Waals surface area contributed by atoms with Gasteiger partial charge in [-0.05, 0) is 18.1 Å². The van der Waals surface area contributed by atoms with Crippen molar-refractivity contribution in [3.63, 3.8) is 0 Å². The first-order valence-corrected chi connectivity index (χ1v) is 10.3. The van der Waals surface area contributed by atoms with Crippen molar-refractivity contribution in [1.82, 2.24) is 14.3 Å². The molecule has 0 spiro atoms. The summed E-state index contributed by atoms with van der Waals surface area (Å²) in [6, 6.07) is 7.87. The number of benzene rings is 1. The van der Waals surface area contributed by atoms with E-state index in [2.05, 4.69) is 23.8 Å². The van der Waals surface area contributed by atoms with Gasteiger partial charge >= 0.3 is 0 Å². The molecular weight excluding hydrogens is 355 g/mol. The molecule has 1 aliphatic rings. The Balaban J connectivity index is 1.66. The molecule has 0 unspecified atom stereocenters. The molecule has 0 N–H and O–H groups in total. The zero-order chi connectivity index (χ0) is 18.7. The Bertz CT molecular complexity index is 865. The molecule has 3 rings (SSSR count). The van der Waals surface area contributed by atoms with Crippen LogP contribution < -0.4 is 4.90 Å². The molecule has 2 heterocycles. The number of sulfonamides is 1. The molecule has 2 aromatic rings. The zero-order valence-corrected chi connectivity index (χ0v) is 15.8. The van der Waals surface area contributed by atoms with Crippen LogP contribution in [0.15, 0.2) is 36.5 Å². The minimum Gasteiger partial charge on any atom is -0.338 e. The van der Waals surface area contributed by atoms with Gasteiger partial charge in [0.1, 0.15) is 5.82 Å². The second kappa shape index (κ2) is 7.67. The van der Waals surface area contributed by atoms with E-state index >= 15 is 0 Å². The fourth-order valence-electron chi connectivity index (χ4n) is 2.91. The Morgan fingerprint density at radius 1 is 1.12 bits per heavy atom. The predicted molar refractivity (Wildman–Crippen MR) is 98.9 cm³/mol. The highest BCUT2D eigenvalue weighted by molar-refractivity contribution is 7.88. The van der Waals surface area contributed by atoms with E-state index in [0.29, 0.717) is 38.0 Å². The molecule has 6 nitrogen and oxygen atoms in total. The standard InChI is InChI=1S/C18H23FN4O2S/c1-14(2)17-7-8-20-18(21-17)22-9-11-23(12-10-22)26(24,25)13-15-5-3-4-6-16(15)19/h3-8,14H,9-13H2,1-2H3. The fraction of sp³-hybridized carbons (Fsp3) is 0.444. The van der Waals surface area contributed by atoms with E-state index in [1.807, 2.05) is 11.0 Å². The number of rotatable bonds is 5. The Labute approximate surface area is 153 Å². The quantitative estimate of drug-likeness (QED) is 0.799. The molecule has 140 valence electrons. The maximum atomic E-state index is 13.8. The molecule has 1 aliphatic heterocycles. The number of anilines is 1. The highest BCUT2D eigenvalue weighted by atomic mass is 32.2. The fourth-order valence-corrected chi connectivity index (χ4v) is 4.43. The number of piperazine rings is 1. The highest BCUT2D eigenvalue weighted by Crippen LogP contribution is 2.19. The summed E-state index contributed by atoms with van der Waals surface area (Å²) in [5.41, 5.74) is 1.16. The SMILES string of the molecule is CC(C)c1ccnc(N2CCN(S(=O)(=O)Cc3ccccc3F)CC2)n1. The van der Waals surface area contributed by atoms with Gasteiger partial charge in [-0.15, -0.1) is 0 Å². The molecule has 1 aromatic carbocycles. The third-order valence-corrected chi connectivity index (χ3v) is 6.29. The van der Waals surface area contributed by atoms with E-state index in [4.69, 9.17) is 0 Å². The van der Waals surface area contributed by atoms with E-state index in [1.54, 1.807) is 18.3 Å². The van der Waals surface area contributed by atoms with Gasteiger partial charge < -0.3 is 4.90 Å². The third kappa shape index (κ3) is 4.19. The minimum absolute atomic E-state index is 0.197. The molecule has 1 saturated heterocycles. The van der Waals surface area contributed by atoms with Gasteiger partial charge in [0, 0.05) is 43.6 Å². The molecule has 0 saturated carbocycles. The van der Waals surface area contributed by atoms with Crippen molar-refractivity contribution in [2.24, 2.45) is 0 Å². The van der Waals surface area contributed by atoms with Crippen molar-refractivity contribution in [2.75, 3.05) is 31.1 Å². The monoisotopic (exact) mass is 378 g/mol. The second-order valence-electron chi connectivity index (χ2n) is 6.67. The van der Waals surface area contributed by atoms with Crippen molar-refractivity contribution in [2.45, 2.75) is 25.5 Å². The van der Waals surface area contributed by atoms with E-state index in [1.165, 1.54) is 16.4 Å². The Hall–Kier alpha value is -2.06. The maximum absolute atomic E-state index is 13.8. The molecule has 0 aliphatic carbocycles. The summed E-state index contributed by atoms with van der Waals surface area (Å²) in [5, 5.41) is 0.